The molecule has 1 aromatic carbocycles. The molecular formula is C14H15N3O. The Morgan fingerprint density at radius 1 is 1.44 bits per heavy atom. The van der Waals surface area contributed by atoms with Crippen LogP contribution in [0.4, 0.5) is 5.82 Å². The van der Waals surface area contributed by atoms with Crippen molar-refractivity contribution in [2.45, 2.75) is 13.0 Å². The van der Waals surface area contributed by atoms with Gasteiger partial charge in [0.2, 0.25) is 0 Å². The smallest absolute Gasteiger partial charge is 0.144 e. The Kier molecular flexibility index (Phi) is 3.75. The van der Waals surface area contributed by atoms with E-state index in [4.69, 9.17) is 10.00 Å². The molecule has 0 spiro atoms. The number of anilines is 1. The van der Waals surface area contributed by atoms with Gasteiger partial charge in [-0.25, -0.2) is 4.98 Å². The maximum atomic E-state index is 9.14. The van der Waals surface area contributed by atoms with Crippen molar-refractivity contribution < 1.29 is 4.74 Å². The normalized spacial score (nSPS) is 12.1. The number of nitrogens with one attached hydrogen (secondary N) is 1. The summed E-state index contributed by atoms with van der Waals surface area (Å²) >= 11 is 0. The highest BCUT2D eigenvalue weighted by Gasteiger charge is 2.07. The largest absolute Gasteiger partial charge is 0.380 e. The molecule has 0 aliphatic carbocycles. The molecule has 18 heavy (non-hydrogen) atoms. The van der Waals surface area contributed by atoms with Gasteiger partial charge in [0.05, 0.1) is 17.2 Å². The molecule has 4 heteroatoms. The lowest BCUT2D eigenvalue weighted by Crippen LogP contribution is -2.19. The Morgan fingerprint density at radius 2 is 2.22 bits per heavy atom. The van der Waals surface area contributed by atoms with Crippen molar-refractivity contribution in [1.82, 2.24) is 4.98 Å². The standard InChI is InChI=1S/C14H15N3O/c1-10(18-2)9-16-14-12(8-15)7-11-5-3-4-6-13(11)17-14/h3-7,10H,9H2,1-2H3,(H,16,17). The van der Waals surface area contributed by atoms with E-state index in [0.29, 0.717) is 17.9 Å². The van der Waals surface area contributed by atoms with E-state index in [0.717, 1.165) is 10.9 Å². The third-order valence-electron chi connectivity index (χ3n) is 2.80. The van der Waals surface area contributed by atoms with Gasteiger partial charge in [-0.3, -0.25) is 0 Å². The highest BCUT2D eigenvalue weighted by atomic mass is 16.5. The second kappa shape index (κ2) is 5.48. The predicted molar refractivity (Wildman–Crippen MR) is 71.4 cm³/mol. The molecule has 1 heterocycles. The van der Waals surface area contributed by atoms with Crippen molar-refractivity contribution >= 4 is 16.7 Å². The molecule has 1 unspecified atom stereocenters. The summed E-state index contributed by atoms with van der Waals surface area (Å²) in [5.41, 5.74) is 1.43. The average Bonchev–Trinajstić information content (AvgIpc) is 2.43. The minimum Gasteiger partial charge on any atom is -0.380 e. The molecule has 0 bridgehead atoms. The van der Waals surface area contributed by atoms with Gasteiger partial charge in [-0.2, -0.15) is 5.26 Å². The third kappa shape index (κ3) is 2.58. The molecule has 0 aliphatic rings. The van der Waals surface area contributed by atoms with Crippen molar-refractivity contribution in [3.63, 3.8) is 0 Å². The molecule has 2 aromatic rings. The maximum absolute atomic E-state index is 9.14. The number of aromatic nitrogens is 1. The molecule has 0 fully saturated rings. The Hall–Kier alpha value is -2.12. The molecule has 0 amide bonds. The summed E-state index contributed by atoms with van der Waals surface area (Å²) in [6.45, 7) is 2.58. The van der Waals surface area contributed by atoms with Crippen LogP contribution in [0.25, 0.3) is 10.9 Å². The molecule has 1 N–H and O–H groups in total. The van der Waals surface area contributed by atoms with Crippen molar-refractivity contribution in [3.8, 4) is 6.07 Å². The molecular weight excluding hydrogens is 226 g/mol. The number of pyridine rings is 1. The maximum Gasteiger partial charge on any atom is 0.144 e. The number of nitrogens with zero attached hydrogens (tertiary/aromatic N) is 2. The first kappa shape index (κ1) is 12.3. The topological polar surface area (TPSA) is 57.9 Å². The minimum atomic E-state index is 0.0739. The van der Waals surface area contributed by atoms with Crippen molar-refractivity contribution in [2.24, 2.45) is 0 Å². The van der Waals surface area contributed by atoms with E-state index >= 15 is 0 Å². The molecule has 0 aliphatic heterocycles. The highest BCUT2D eigenvalue weighted by Crippen LogP contribution is 2.19. The number of benzene rings is 1. The number of hydrogen-bond acceptors (Lipinski definition) is 4. The van der Waals surface area contributed by atoms with Crippen LogP contribution in [0.15, 0.2) is 30.3 Å². The summed E-state index contributed by atoms with van der Waals surface area (Å²) < 4.78 is 5.16. The minimum absolute atomic E-state index is 0.0739. The summed E-state index contributed by atoms with van der Waals surface area (Å²) in [5.74, 6) is 0.611. The zero-order valence-corrected chi connectivity index (χ0v) is 10.5. The van der Waals surface area contributed by atoms with Gasteiger partial charge >= 0.3 is 0 Å². The molecule has 92 valence electrons. The summed E-state index contributed by atoms with van der Waals surface area (Å²) in [5, 5.41) is 13.3. The number of para-hydroxylation sites is 1. The van der Waals surface area contributed by atoms with Gasteiger partial charge in [-0.15, -0.1) is 0 Å². The van der Waals surface area contributed by atoms with E-state index in [9.17, 15) is 0 Å². The Balaban J connectivity index is 2.34. The van der Waals surface area contributed by atoms with Crippen molar-refractivity contribution in [2.75, 3.05) is 19.0 Å². The van der Waals surface area contributed by atoms with E-state index in [-0.39, 0.29) is 6.10 Å². The summed E-state index contributed by atoms with van der Waals surface area (Å²) in [7, 11) is 1.66. The fourth-order valence-corrected chi connectivity index (χ4v) is 1.66. The van der Waals surface area contributed by atoms with Gasteiger partial charge in [0.15, 0.2) is 0 Å². The number of hydrogen-bond donors (Lipinski definition) is 1. The molecule has 0 saturated heterocycles. The number of methoxy groups -OCH3 is 1. The third-order valence-corrected chi connectivity index (χ3v) is 2.80. The number of rotatable bonds is 4. The summed E-state index contributed by atoms with van der Waals surface area (Å²) in [6, 6.07) is 11.8. The Morgan fingerprint density at radius 3 is 2.94 bits per heavy atom. The monoisotopic (exact) mass is 241 g/mol. The lowest BCUT2D eigenvalue weighted by Gasteiger charge is -2.12. The lowest BCUT2D eigenvalue weighted by molar-refractivity contribution is 0.128. The van der Waals surface area contributed by atoms with Crippen LogP contribution >= 0.6 is 0 Å². The van der Waals surface area contributed by atoms with Gasteiger partial charge < -0.3 is 10.1 Å². The van der Waals surface area contributed by atoms with Crippen LogP contribution in [0, 0.1) is 11.3 Å². The van der Waals surface area contributed by atoms with Crippen LogP contribution < -0.4 is 5.32 Å². The predicted octanol–water partition coefficient (Wildman–Crippen LogP) is 2.55. The van der Waals surface area contributed by atoms with E-state index < -0.39 is 0 Å². The SMILES string of the molecule is COC(C)CNc1nc2ccccc2cc1C#N. The van der Waals surface area contributed by atoms with Crippen LogP contribution in [0.2, 0.25) is 0 Å². The van der Waals surface area contributed by atoms with E-state index in [1.54, 1.807) is 7.11 Å². The van der Waals surface area contributed by atoms with Gasteiger partial charge in [-0.05, 0) is 19.1 Å². The van der Waals surface area contributed by atoms with Crippen molar-refractivity contribution in [1.29, 1.82) is 5.26 Å². The molecule has 1 atom stereocenters. The molecule has 4 nitrogen and oxygen atoms in total. The van der Waals surface area contributed by atoms with Gasteiger partial charge in [0.1, 0.15) is 11.9 Å². The van der Waals surface area contributed by atoms with Crippen LogP contribution in [-0.2, 0) is 4.74 Å². The highest BCUT2D eigenvalue weighted by molar-refractivity contribution is 5.82. The quantitative estimate of drug-likeness (QED) is 0.893. The first-order chi connectivity index (χ1) is 8.74. The van der Waals surface area contributed by atoms with Crippen LogP contribution in [0.3, 0.4) is 0 Å². The van der Waals surface area contributed by atoms with E-state index in [1.807, 2.05) is 37.3 Å². The van der Waals surface area contributed by atoms with Crippen molar-refractivity contribution in [3.05, 3.63) is 35.9 Å². The number of ether oxygens (including phenoxy) is 1. The first-order valence-corrected chi connectivity index (χ1v) is 5.81. The van der Waals surface area contributed by atoms with Gasteiger partial charge in [0, 0.05) is 19.0 Å². The fraction of sp³-hybridized carbons (Fsp3) is 0.286. The molecule has 0 saturated carbocycles. The second-order valence-electron chi connectivity index (χ2n) is 4.12. The van der Waals surface area contributed by atoms with Crippen LogP contribution in [0.1, 0.15) is 12.5 Å². The second-order valence-corrected chi connectivity index (χ2v) is 4.12. The lowest BCUT2D eigenvalue weighted by atomic mass is 10.1. The Bertz CT molecular complexity index is 589. The first-order valence-electron chi connectivity index (χ1n) is 5.81. The van der Waals surface area contributed by atoms with E-state index in [1.165, 1.54) is 0 Å². The molecule has 2 rings (SSSR count). The fourth-order valence-electron chi connectivity index (χ4n) is 1.66. The van der Waals surface area contributed by atoms with Gasteiger partial charge in [-0.1, -0.05) is 18.2 Å². The van der Waals surface area contributed by atoms with Gasteiger partial charge in [0.25, 0.3) is 0 Å². The zero-order valence-electron chi connectivity index (χ0n) is 10.5. The summed E-state index contributed by atoms with van der Waals surface area (Å²) in [4.78, 5) is 4.46. The van der Waals surface area contributed by atoms with E-state index in [2.05, 4.69) is 16.4 Å². The van der Waals surface area contributed by atoms with Crippen LogP contribution in [-0.4, -0.2) is 24.7 Å². The summed E-state index contributed by atoms with van der Waals surface area (Å²) in [6.07, 6.45) is 0.0739. The van der Waals surface area contributed by atoms with Crippen LogP contribution in [0.5, 0.6) is 0 Å². The Labute approximate surface area is 106 Å². The number of fused-ring (bicyclic) bond motifs is 1. The average molecular weight is 241 g/mol. The molecule has 1 aromatic heterocycles. The number of nitriles is 1. The molecule has 0 radical (unpaired) electrons. The zero-order chi connectivity index (χ0) is 13.0.